The maximum atomic E-state index is 10.4. The van der Waals surface area contributed by atoms with Crippen molar-refractivity contribution in [2.75, 3.05) is 0 Å². The molecule has 0 aromatic heterocycles. The van der Waals surface area contributed by atoms with Gasteiger partial charge in [0.2, 0.25) is 0 Å². The molecule has 20 heavy (non-hydrogen) atoms. The molecule has 1 aromatic carbocycles. The van der Waals surface area contributed by atoms with Gasteiger partial charge in [-0.15, -0.1) is 0 Å². The van der Waals surface area contributed by atoms with Crippen LogP contribution in [0.15, 0.2) is 46.2 Å². The van der Waals surface area contributed by atoms with Crippen LogP contribution in [0.1, 0.15) is 58.8 Å². The number of hydrogen-bond donors (Lipinski definition) is 1. The maximum Gasteiger partial charge on any atom is 0.0848 e. The highest BCUT2D eigenvalue weighted by Gasteiger charge is 2.11. The van der Waals surface area contributed by atoms with Crippen molar-refractivity contribution in [1.29, 1.82) is 0 Å². The van der Waals surface area contributed by atoms with E-state index in [1.165, 1.54) is 30.6 Å². The van der Waals surface area contributed by atoms with Gasteiger partial charge in [-0.05, 0) is 25.0 Å². The Kier molecular flexibility index (Phi) is 9.52. The minimum atomic E-state index is -0.302. The molecular formula is C18H28OS. The number of allylic oxidation sites excluding steroid dienone is 1. The van der Waals surface area contributed by atoms with E-state index in [2.05, 4.69) is 44.2 Å². The molecule has 0 heterocycles. The molecule has 0 aliphatic heterocycles. The van der Waals surface area contributed by atoms with E-state index in [0.29, 0.717) is 0 Å². The molecule has 1 unspecified atom stereocenters. The number of benzene rings is 1. The Labute approximate surface area is 128 Å². The fraction of sp³-hybridized carbons (Fsp3) is 0.556. The molecule has 1 atom stereocenters. The van der Waals surface area contributed by atoms with E-state index in [1.807, 2.05) is 6.07 Å². The Morgan fingerprint density at radius 1 is 1.10 bits per heavy atom. The zero-order chi connectivity index (χ0) is 14.6. The molecule has 0 aliphatic rings. The number of aliphatic hydroxyl groups is 1. The lowest BCUT2D eigenvalue weighted by Gasteiger charge is -2.15. The number of thioether (sulfide) groups is 1. The van der Waals surface area contributed by atoms with Crippen LogP contribution < -0.4 is 0 Å². The fourth-order valence-corrected chi connectivity index (χ4v) is 3.07. The topological polar surface area (TPSA) is 20.2 Å². The van der Waals surface area contributed by atoms with Crippen molar-refractivity contribution < 1.29 is 5.11 Å². The summed E-state index contributed by atoms with van der Waals surface area (Å²) in [6, 6.07) is 10.3. The highest BCUT2D eigenvalue weighted by atomic mass is 32.2. The van der Waals surface area contributed by atoms with Gasteiger partial charge in [0.05, 0.1) is 6.10 Å². The summed E-state index contributed by atoms with van der Waals surface area (Å²) in [5, 5.41) is 10.4. The van der Waals surface area contributed by atoms with E-state index in [-0.39, 0.29) is 6.10 Å². The zero-order valence-electron chi connectivity index (χ0n) is 12.8. The quantitative estimate of drug-likeness (QED) is 0.435. The summed E-state index contributed by atoms with van der Waals surface area (Å²) in [5.74, 6) is 0. The molecule has 0 saturated carbocycles. The van der Waals surface area contributed by atoms with E-state index in [9.17, 15) is 5.11 Å². The first-order valence-corrected chi connectivity index (χ1v) is 8.70. The van der Waals surface area contributed by atoms with Crippen LogP contribution in [0.5, 0.6) is 0 Å². The van der Waals surface area contributed by atoms with Gasteiger partial charge in [-0.1, -0.05) is 82.0 Å². The third kappa shape index (κ3) is 7.16. The molecule has 1 rings (SSSR count). The van der Waals surface area contributed by atoms with Crippen LogP contribution in [-0.2, 0) is 0 Å². The third-order valence-corrected chi connectivity index (χ3v) is 4.47. The smallest absolute Gasteiger partial charge is 0.0848 e. The molecule has 0 bridgehead atoms. The Balaban J connectivity index is 2.61. The minimum absolute atomic E-state index is 0.302. The molecule has 0 aliphatic carbocycles. The van der Waals surface area contributed by atoms with Crippen molar-refractivity contribution in [3.05, 3.63) is 41.3 Å². The van der Waals surface area contributed by atoms with E-state index in [4.69, 9.17) is 0 Å². The molecule has 0 radical (unpaired) electrons. The van der Waals surface area contributed by atoms with Gasteiger partial charge < -0.3 is 5.11 Å². The lowest BCUT2D eigenvalue weighted by atomic mass is 10.1. The number of aliphatic hydroxyl groups excluding tert-OH is 1. The molecule has 1 aromatic rings. The fourth-order valence-electron chi connectivity index (χ4n) is 2.05. The SMILES string of the molecule is CCCC/C=C(\Sc1ccccc1)C(O)CCCCC. The first kappa shape index (κ1) is 17.3. The molecule has 2 heteroatoms. The molecule has 112 valence electrons. The first-order chi connectivity index (χ1) is 9.77. The highest BCUT2D eigenvalue weighted by Crippen LogP contribution is 2.31. The predicted octanol–water partition coefficient (Wildman–Crippen LogP) is 5.79. The maximum absolute atomic E-state index is 10.4. The molecule has 0 saturated heterocycles. The Morgan fingerprint density at radius 2 is 1.80 bits per heavy atom. The van der Waals surface area contributed by atoms with Crippen molar-refractivity contribution in [3.63, 3.8) is 0 Å². The van der Waals surface area contributed by atoms with Crippen molar-refractivity contribution in [1.82, 2.24) is 0 Å². The monoisotopic (exact) mass is 292 g/mol. The summed E-state index contributed by atoms with van der Waals surface area (Å²) in [5.41, 5.74) is 0. The van der Waals surface area contributed by atoms with Gasteiger partial charge in [0.1, 0.15) is 0 Å². The van der Waals surface area contributed by atoms with Gasteiger partial charge in [-0.3, -0.25) is 0 Å². The van der Waals surface area contributed by atoms with E-state index < -0.39 is 0 Å². The normalized spacial score (nSPS) is 13.4. The van der Waals surface area contributed by atoms with Crippen LogP contribution in [0.3, 0.4) is 0 Å². The second-order valence-corrected chi connectivity index (χ2v) is 6.32. The summed E-state index contributed by atoms with van der Waals surface area (Å²) in [7, 11) is 0. The van der Waals surface area contributed by atoms with Crippen molar-refractivity contribution >= 4 is 11.8 Å². The van der Waals surface area contributed by atoms with Crippen LogP contribution in [0, 0.1) is 0 Å². The second kappa shape index (κ2) is 11.0. The van der Waals surface area contributed by atoms with Gasteiger partial charge in [-0.2, -0.15) is 0 Å². The van der Waals surface area contributed by atoms with Gasteiger partial charge in [0, 0.05) is 9.80 Å². The standard InChI is InChI=1S/C18H28OS/c1-3-5-8-14-17(19)18(15-9-6-4-2)20-16-12-10-7-11-13-16/h7,10-13,15,17,19H,3-6,8-9,14H2,1-2H3/b18-15-. The minimum Gasteiger partial charge on any atom is -0.388 e. The van der Waals surface area contributed by atoms with Crippen LogP contribution in [0.2, 0.25) is 0 Å². The van der Waals surface area contributed by atoms with E-state index in [1.54, 1.807) is 11.8 Å². The average Bonchev–Trinajstić information content (AvgIpc) is 2.47. The van der Waals surface area contributed by atoms with Crippen LogP contribution in [0.25, 0.3) is 0 Å². The summed E-state index contributed by atoms with van der Waals surface area (Å²) in [6.45, 7) is 4.40. The Morgan fingerprint density at radius 3 is 2.45 bits per heavy atom. The summed E-state index contributed by atoms with van der Waals surface area (Å²) in [4.78, 5) is 2.34. The molecule has 1 N–H and O–H groups in total. The van der Waals surface area contributed by atoms with Crippen LogP contribution in [0.4, 0.5) is 0 Å². The predicted molar refractivity (Wildman–Crippen MR) is 90.1 cm³/mol. The number of hydrogen-bond acceptors (Lipinski definition) is 2. The lowest BCUT2D eigenvalue weighted by molar-refractivity contribution is 0.204. The van der Waals surface area contributed by atoms with Crippen LogP contribution >= 0.6 is 11.8 Å². The summed E-state index contributed by atoms with van der Waals surface area (Å²) >= 11 is 1.72. The number of rotatable bonds is 10. The van der Waals surface area contributed by atoms with E-state index in [0.717, 1.165) is 24.2 Å². The molecule has 0 amide bonds. The van der Waals surface area contributed by atoms with Gasteiger partial charge >= 0.3 is 0 Å². The summed E-state index contributed by atoms with van der Waals surface area (Å²) < 4.78 is 0. The lowest BCUT2D eigenvalue weighted by Crippen LogP contribution is -2.08. The largest absolute Gasteiger partial charge is 0.388 e. The van der Waals surface area contributed by atoms with Gasteiger partial charge in [0.15, 0.2) is 0 Å². The third-order valence-electron chi connectivity index (χ3n) is 3.29. The Hall–Kier alpha value is -0.730. The Bertz CT molecular complexity index is 372. The molecular weight excluding hydrogens is 264 g/mol. The highest BCUT2D eigenvalue weighted by molar-refractivity contribution is 8.03. The molecule has 0 fully saturated rings. The van der Waals surface area contributed by atoms with Crippen molar-refractivity contribution in [2.24, 2.45) is 0 Å². The van der Waals surface area contributed by atoms with E-state index >= 15 is 0 Å². The van der Waals surface area contributed by atoms with Gasteiger partial charge in [0.25, 0.3) is 0 Å². The van der Waals surface area contributed by atoms with Gasteiger partial charge in [-0.25, -0.2) is 0 Å². The number of unbranched alkanes of at least 4 members (excludes halogenated alkanes) is 4. The molecule has 1 nitrogen and oxygen atoms in total. The molecule has 0 spiro atoms. The van der Waals surface area contributed by atoms with Crippen molar-refractivity contribution in [2.45, 2.75) is 69.8 Å². The van der Waals surface area contributed by atoms with Crippen LogP contribution in [-0.4, -0.2) is 11.2 Å². The second-order valence-electron chi connectivity index (χ2n) is 5.18. The van der Waals surface area contributed by atoms with Crippen molar-refractivity contribution in [3.8, 4) is 0 Å². The first-order valence-electron chi connectivity index (χ1n) is 7.89. The zero-order valence-corrected chi connectivity index (χ0v) is 13.7. The average molecular weight is 292 g/mol. The summed E-state index contributed by atoms with van der Waals surface area (Å²) in [6.07, 6.45) is 9.79.